The van der Waals surface area contributed by atoms with E-state index >= 15 is 0 Å². The zero-order chi connectivity index (χ0) is 16.9. The maximum absolute atomic E-state index is 12.6. The van der Waals surface area contributed by atoms with Gasteiger partial charge in [0.1, 0.15) is 5.60 Å². The Morgan fingerprint density at radius 1 is 1.62 bits per heavy atom. The summed E-state index contributed by atoms with van der Waals surface area (Å²) in [4.78, 5) is 30.9. The van der Waals surface area contributed by atoms with E-state index in [4.69, 9.17) is 10.5 Å². The lowest BCUT2D eigenvalue weighted by molar-refractivity contribution is -0.136. The summed E-state index contributed by atoms with van der Waals surface area (Å²) < 4.78 is 5.98. The lowest BCUT2D eigenvalue weighted by Gasteiger charge is -2.23. The summed E-state index contributed by atoms with van der Waals surface area (Å²) >= 11 is 1.42. The minimum Gasteiger partial charge on any atom is -0.375 e. The Kier molecular flexibility index (Phi) is 3.61. The Labute approximate surface area is 143 Å². The normalized spacial score (nSPS) is 33.3. The predicted octanol–water partition coefficient (Wildman–Crippen LogP) is 0.186. The molecule has 1 aromatic heterocycles. The molecular weight excluding hydrogens is 328 g/mol. The van der Waals surface area contributed by atoms with Crippen molar-refractivity contribution in [1.29, 1.82) is 0 Å². The van der Waals surface area contributed by atoms with Crippen LogP contribution in [0.4, 0.5) is 5.13 Å². The number of nitrogens with zero attached hydrogens (tertiary/aromatic N) is 2. The molecule has 0 aromatic carbocycles. The van der Waals surface area contributed by atoms with Gasteiger partial charge in [-0.25, -0.2) is 4.98 Å². The molecule has 3 N–H and O–H groups in total. The molecular formula is C16H20N4O3S. The van der Waals surface area contributed by atoms with E-state index in [0.29, 0.717) is 18.2 Å². The van der Waals surface area contributed by atoms with E-state index in [1.165, 1.54) is 11.3 Å². The Balaban J connectivity index is 1.35. The average molecular weight is 348 g/mol. The highest BCUT2D eigenvalue weighted by atomic mass is 32.1. The summed E-state index contributed by atoms with van der Waals surface area (Å²) in [6.07, 6.45) is 5.15. The summed E-state index contributed by atoms with van der Waals surface area (Å²) in [5, 5.41) is 5.45. The fourth-order valence-corrected chi connectivity index (χ4v) is 4.62. The van der Waals surface area contributed by atoms with Crippen molar-refractivity contribution in [3.63, 3.8) is 0 Å². The van der Waals surface area contributed by atoms with Gasteiger partial charge in [0.15, 0.2) is 5.13 Å². The van der Waals surface area contributed by atoms with Crippen molar-refractivity contribution in [2.75, 3.05) is 25.9 Å². The highest BCUT2D eigenvalue weighted by molar-refractivity contribution is 7.13. The van der Waals surface area contributed by atoms with E-state index < -0.39 is 17.4 Å². The topological polar surface area (TPSA) is 97.6 Å². The van der Waals surface area contributed by atoms with E-state index in [-0.39, 0.29) is 17.9 Å². The number of carbonyl (C=O) groups excluding carboxylic acids is 2. The van der Waals surface area contributed by atoms with Gasteiger partial charge in [0, 0.05) is 19.0 Å². The lowest BCUT2D eigenvalue weighted by Crippen LogP contribution is -2.44. The number of aryl methyl sites for hydroxylation is 1. The fraction of sp³-hybridized carbons (Fsp3) is 0.562. The molecule has 0 aliphatic carbocycles. The first-order valence-electron chi connectivity index (χ1n) is 8.10. The van der Waals surface area contributed by atoms with Crippen LogP contribution in [0.25, 0.3) is 0 Å². The van der Waals surface area contributed by atoms with Crippen LogP contribution in [0.5, 0.6) is 0 Å². The van der Waals surface area contributed by atoms with Crippen molar-refractivity contribution in [2.24, 2.45) is 11.8 Å². The molecule has 4 rings (SSSR count). The standard InChI is InChI=1S/C16H20N4O3S/c1-20-8-16-5-4-10(23-16)11(12(16)14(20)22)13(21)18-6-2-3-9-7-24-15(17)19-9/h4-5,7,10-12H,2-3,6,8H2,1H3,(H2,17,19)(H,18,21)/t10-,11-,12+,16-/m1/s1. The van der Waals surface area contributed by atoms with Crippen LogP contribution in [0.1, 0.15) is 12.1 Å². The summed E-state index contributed by atoms with van der Waals surface area (Å²) in [6, 6.07) is 0. The number of likely N-dealkylation sites (tertiary alicyclic amines) is 1. The number of aromatic nitrogens is 1. The Morgan fingerprint density at radius 3 is 3.21 bits per heavy atom. The second-order valence-corrected chi connectivity index (χ2v) is 7.56. The van der Waals surface area contributed by atoms with Crippen LogP contribution in [0.15, 0.2) is 17.5 Å². The van der Waals surface area contributed by atoms with Gasteiger partial charge >= 0.3 is 0 Å². The van der Waals surface area contributed by atoms with E-state index in [0.717, 1.165) is 18.5 Å². The highest BCUT2D eigenvalue weighted by Gasteiger charge is 2.66. The maximum atomic E-state index is 12.6. The Bertz CT molecular complexity index is 718. The van der Waals surface area contributed by atoms with Gasteiger partial charge in [-0.2, -0.15) is 0 Å². The number of carbonyl (C=O) groups is 2. The van der Waals surface area contributed by atoms with Crippen molar-refractivity contribution in [1.82, 2.24) is 15.2 Å². The first kappa shape index (κ1) is 15.6. The molecule has 128 valence electrons. The van der Waals surface area contributed by atoms with Gasteiger partial charge in [-0.1, -0.05) is 12.2 Å². The quantitative estimate of drug-likeness (QED) is 0.585. The number of thiazole rings is 1. The van der Waals surface area contributed by atoms with Crippen molar-refractivity contribution >= 4 is 28.3 Å². The molecule has 3 aliphatic heterocycles. The molecule has 3 aliphatic rings. The zero-order valence-electron chi connectivity index (χ0n) is 13.4. The number of nitrogen functional groups attached to an aromatic ring is 1. The van der Waals surface area contributed by atoms with Crippen LogP contribution >= 0.6 is 11.3 Å². The zero-order valence-corrected chi connectivity index (χ0v) is 14.2. The molecule has 2 amide bonds. The van der Waals surface area contributed by atoms with Gasteiger partial charge in [0.25, 0.3) is 0 Å². The van der Waals surface area contributed by atoms with Gasteiger partial charge in [-0.3, -0.25) is 9.59 Å². The average Bonchev–Trinajstić information content (AvgIpc) is 3.26. The van der Waals surface area contributed by atoms with E-state index in [1.807, 2.05) is 17.5 Å². The van der Waals surface area contributed by atoms with E-state index in [2.05, 4.69) is 10.3 Å². The molecule has 2 saturated heterocycles. The van der Waals surface area contributed by atoms with E-state index in [9.17, 15) is 9.59 Å². The highest BCUT2D eigenvalue weighted by Crippen LogP contribution is 2.51. The summed E-state index contributed by atoms with van der Waals surface area (Å²) in [5.41, 5.74) is 5.95. The number of amides is 2. The number of nitrogens with one attached hydrogen (secondary N) is 1. The van der Waals surface area contributed by atoms with Crippen molar-refractivity contribution in [3.05, 3.63) is 23.2 Å². The van der Waals surface area contributed by atoms with Gasteiger partial charge in [-0.05, 0) is 12.8 Å². The number of nitrogens with two attached hydrogens (primary N) is 1. The molecule has 0 saturated carbocycles. The third-order valence-corrected chi connectivity index (χ3v) is 5.79. The van der Waals surface area contributed by atoms with Gasteiger partial charge in [-0.15, -0.1) is 11.3 Å². The Morgan fingerprint density at radius 2 is 2.46 bits per heavy atom. The smallest absolute Gasteiger partial charge is 0.229 e. The number of hydrogen-bond acceptors (Lipinski definition) is 6. The summed E-state index contributed by atoms with van der Waals surface area (Å²) in [5.74, 6) is -0.921. The molecule has 8 heteroatoms. The number of ether oxygens (including phenoxy) is 1. The number of hydrogen-bond donors (Lipinski definition) is 2. The van der Waals surface area contributed by atoms with Crippen molar-refractivity contribution in [3.8, 4) is 0 Å². The summed E-state index contributed by atoms with van der Waals surface area (Å²) in [7, 11) is 1.76. The molecule has 0 unspecified atom stereocenters. The second-order valence-electron chi connectivity index (χ2n) is 6.67. The second kappa shape index (κ2) is 5.56. The molecule has 2 bridgehead atoms. The fourth-order valence-electron chi connectivity index (χ4n) is 4.03. The van der Waals surface area contributed by atoms with Crippen LogP contribution in [0.3, 0.4) is 0 Å². The maximum Gasteiger partial charge on any atom is 0.229 e. The largest absolute Gasteiger partial charge is 0.375 e. The minimum absolute atomic E-state index is 0.0000478. The van der Waals surface area contributed by atoms with Crippen LogP contribution < -0.4 is 11.1 Å². The van der Waals surface area contributed by atoms with Crippen LogP contribution in [-0.4, -0.2) is 53.5 Å². The molecule has 4 heterocycles. The summed E-state index contributed by atoms with van der Waals surface area (Å²) in [6.45, 7) is 1.07. The molecule has 4 atom stereocenters. The number of rotatable bonds is 5. The van der Waals surface area contributed by atoms with Crippen molar-refractivity contribution in [2.45, 2.75) is 24.5 Å². The monoisotopic (exact) mass is 348 g/mol. The third-order valence-electron chi connectivity index (χ3n) is 5.07. The first-order chi connectivity index (χ1) is 11.5. The number of likely N-dealkylation sites (N-methyl/N-ethyl adjacent to an activating group) is 1. The SMILES string of the molecule is CN1C[C@@]23C=C[C@@H](O2)[C@@H](C(=O)NCCCc2csc(N)n2)[C@H]3C1=O. The lowest BCUT2D eigenvalue weighted by atomic mass is 9.77. The van der Waals surface area contributed by atoms with Gasteiger partial charge in [0.2, 0.25) is 11.8 Å². The minimum atomic E-state index is -0.601. The molecule has 0 radical (unpaired) electrons. The van der Waals surface area contributed by atoms with Crippen LogP contribution in [0, 0.1) is 11.8 Å². The molecule has 7 nitrogen and oxygen atoms in total. The number of fused-ring (bicyclic) bond motifs is 1. The van der Waals surface area contributed by atoms with Crippen molar-refractivity contribution < 1.29 is 14.3 Å². The van der Waals surface area contributed by atoms with E-state index in [1.54, 1.807) is 11.9 Å². The molecule has 1 spiro atoms. The van der Waals surface area contributed by atoms with Gasteiger partial charge in [0.05, 0.1) is 30.2 Å². The third kappa shape index (κ3) is 2.32. The Hall–Kier alpha value is -1.93. The number of anilines is 1. The van der Waals surface area contributed by atoms with Gasteiger partial charge < -0.3 is 20.7 Å². The molecule has 1 aromatic rings. The molecule has 2 fully saturated rings. The molecule has 24 heavy (non-hydrogen) atoms. The predicted molar refractivity (Wildman–Crippen MR) is 89.2 cm³/mol. The van der Waals surface area contributed by atoms with Crippen LogP contribution in [0.2, 0.25) is 0 Å². The van der Waals surface area contributed by atoms with Crippen LogP contribution in [-0.2, 0) is 20.7 Å². The first-order valence-corrected chi connectivity index (χ1v) is 8.98.